The zero-order chi connectivity index (χ0) is 17.6. The summed E-state index contributed by atoms with van der Waals surface area (Å²) in [5, 5.41) is 3.74. The van der Waals surface area contributed by atoms with E-state index >= 15 is 0 Å². The van der Waals surface area contributed by atoms with E-state index in [9.17, 15) is 9.59 Å². The number of halogens is 2. The molecule has 1 saturated heterocycles. The first kappa shape index (κ1) is 16.5. The van der Waals surface area contributed by atoms with E-state index in [4.69, 9.17) is 23.2 Å². The molecule has 2 aliphatic rings. The van der Waals surface area contributed by atoms with Gasteiger partial charge in [0.1, 0.15) is 0 Å². The Morgan fingerprint density at radius 1 is 1.08 bits per heavy atom. The van der Waals surface area contributed by atoms with Crippen molar-refractivity contribution in [1.29, 1.82) is 0 Å². The molecule has 1 aromatic carbocycles. The number of carbonyl (C=O) groups is 1. The summed E-state index contributed by atoms with van der Waals surface area (Å²) < 4.78 is 1.85. The summed E-state index contributed by atoms with van der Waals surface area (Å²) in [5.74, 6) is 0.492. The normalized spacial score (nSPS) is 21.6. The lowest BCUT2D eigenvalue weighted by Gasteiger charge is -2.42. The van der Waals surface area contributed by atoms with Crippen LogP contribution in [0.25, 0.3) is 0 Å². The van der Waals surface area contributed by atoms with Crippen LogP contribution < -0.4 is 10.9 Å². The molecule has 5 nitrogen and oxygen atoms in total. The summed E-state index contributed by atoms with van der Waals surface area (Å²) in [4.78, 5) is 26.5. The highest BCUT2D eigenvalue weighted by molar-refractivity contribution is 6.42. The van der Waals surface area contributed by atoms with E-state index in [2.05, 4.69) is 5.32 Å². The van der Waals surface area contributed by atoms with Crippen LogP contribution in [0.4, 0.5) is 10.5 Å². The number of nitrogens with zero attached hydrogens (tertiary/aromatic N) is 2. The zero-order valence-electron chi connectivity index (χ0n) is 13.4. The molecule has 7 heteroatoms. The van der Waals surface area contributed by atoms with Crippen molar-refractivity contribution < 1.29 is 4.79 Å². The molecule has 0 aliphatic carbocycles. The molecule has 2 aliphatic heterocycles. The molecule has 0 saturated carbocycles. The van der Waals surface area contributed by atoms with E-state index in [1.54, 1.807) is 30.3 Å². The molecule has 0 unspecified atom stereocenters. The molecular formula is C18H17Cl2N3O2. The van der Waals surface area contributed by atoms with Crippen LogP contribution >= 0.6 is 23.2 Å². The fraction of sp³-hybridized carbons (Fsp3) is 0.333. The highest BCUT2D eigenvalue weighted by Crippen LogP contribution is 2.35. The predicted molar refractivity (Wildman–Crippen MR) is 98.6 cm³/mol. The number of carbonyl (C=O) groups excluding carboxylic acids is 1. The maximum Gasteiger partial charge on any atom is 0.321 e. The van der Waals surface area contributed by atoms with Crippen LogP contribution in [-0.2, 0) is 6.54 Å². The third-order valence-corrected chi connectivity index (χ3v) is 5.68. The largest absolute Gasteiger partial charge is 0.324 e. The second kappa shape index (κ2) is 6.39. The van der Waals surface area contributed by atoms with Gasteiger partial charge < -0.3 is 14.8 Å². The number of likely N-dealkylation sites (tertiary alicyclic amines) is 1. The van der Waals surface area contributed by atoms with Crippen molar-refractivity contribution in [1.82, 2.24) is 9.47 Å². The van der Waals surface area contributed by atoms with Crippen LogP contribution in [0.1, 0.15) is 18.0 Å². The fourth-order valence-corrected chi connectivity index (χ4v) is 4.14. The minimum absolute atomic E-state index is 0.0425. The summed E-state index contributed by atoms with van der Waals surface area (Å²) in [6.07, 6.45) is 1.01. The number of hydrogen-bond acceptors (Lipinski definition) is 2. The molecule has 1 fully saturated rings. The van der Waals surface area contributed by atoms with E-state index in [0.29, 0.717) is 41.3 Å². The van der Waals surface area contributed by atoms with Crippen LogP contribution in [0.2, 0.25) is 10.0 Å². The first-order chi connectivity index (χ1) is 12.0. The van der Waals surface area contributed by atoms with Gasteiger partial charge in [0.25, 0.3) is 5.56 Å². The number of rotatable bonds is 1. The third kappa shape index (κ3) is 3.14. The lowest BCUT2D eigenvalue weighted by molar-refractivity contribution is 0.139. The number of fused-ring (bicyclic) bond motifs is 4. The quantitative estimate of drug-likeness (QED) is 0.821. The Morgan fingerprint density at radius 2 is 1.92 bits per heavy atom. The minimum atomic E-state index is -0.153. The molecule has 2 bridgehead atoms. The Balaban J connectivity index is 1.52. The van der Waals surface area contributed by atoms with Crippen LogP contribution in [0.5, 0.6) is 0 Å². The van der Waals surface area contributed by atoms with Gasteiger partial charge in [-0.15, -0.1) is 0 Å². The number of pyridine rings is 1. The molecule has 0 radical (unpaired) electrons. The Morgan fingerprint density at radius 3 is 2.72 bits per heavy atom. The second-order valence-corrected chi connectivity index (χ2v) is 7.48. The molecule has 0 spiro atoms. The van der Waals surface area contributed by atoms with Crippen LogP contribution in [-0.4, -0.2) is 28.6 Å². The first-order valence-corrected chi connectivity index (χ1v) is 8.97. The van der Waals surface area contributed by atoms with Gasteiger partial charge in [0, 0.05) is 43.0 Å². The number of aromatic nitrogens is 1. The van der Waals surface area contributed by atoms with Crippen molar-refractivity contribution in [3.8, 4) is 0 Å². The van der Waals surface area contributed by atoms with Crippen molar-refractivity contribution in [3.05, 3.63) is 62.5 Å². The molecule has 25 heavy (non-hydrogen) atoms. The average molecular weight is 378 g/mol. The lowest BCUT2D eigenvalue weighted by Crippen LogP contribution is -2.50. The van der Waals surface area contributed by atoms with E-state index in [1.807, 2.05) is 15.5 Å². The summed E-state index contributed by atoms with van der Waals surface area (Å²) >= 11 is 11.9. The van der Waals surface area contributed by atoms with Crippen LogP contribution in [0.3, 0.4) is 0 Å². The lowest BCUT2D eigenvalue weighted by atomic mass is 9.83. The summed E-state index contributed by atoms with van der Waals surface area (Å²) in [7, 11) is 0. The standard InChI is InChI=1S/C18H17Cl2N3O2/c19-14-5-4-13(7-15(14)20)21-18(25)22-8-11-6-12(10-22)16-2-1-3-17(24)23(16)9-11/h1-5,7,11-12H,6,8-10H2,(H,21,25)/t11-,12+/m1/s1. The average Bonchev–Trinajstić information content (AvgIpc) is 2.59. The van der Waals surface area contributed by atoms with Gasteiger partial charge in [-0.3, -0.25) is 4.79 Å². The highest BCUT2D eigenvalue weighted by Gasteiger charge is 2.36. The Hall–Kier alpha value is -1.98. The molecule has 2 aromatic rings. The molecule has 1 N–H and O–H groups in total. The molecule has 2 amide bonds. The van der Waals surface area contributed by atoms with Gasteiger partial charge in [-0.05, 0) is 36.6 Å². The number of anilines is 1. The monoisotopic (exact) mass is 377 g/mol. The van der Waals surface area contributed by atoms with Gasteiger partial charge in [0.15, 0.2) is 0 Å². The number of nitrogens with one attached hydrogen (secondary N) is 1. The molecule has 1 aromatic heterocycles. The van der Waals surface area contributed by atoms with E-state index in [1.165, 1.54) is 0 Å². The zero-order valence-corrected chi connectivity index (χ0v) is 14.9. The van der Waals surface area contributed by atoms with E-state index < -0.39 is 0 Å². The number of amides is 2. The van der Waals surface area contributed by atoms with Crippen molar-refractivity contribution in [3.63, 3.8) is 0 Å². The molecular weight excluding hydrogens is 361 g/mol. The Kier molecular flexibility index (Phi) is 4.21. The maximum absolute atomic E-state index is 12.6. The van der Waals surface area contributed by atoms with Gasteiger partial charge in [0.05, 0.1) is 10.0 Å². The van der Waals surface area contributed by atoms with E-state index in [-0.39, 0.29) is 17.5 Å². The highest BCUT2D eigenvalue weighted by atomic mass is 35.5. The Labute approximate surface area is 155 Å². The first-order valence-electron chi connectivity index (χ1n) is 8.22. The van der Waals surface area contributed by atoms with Gasteiger partial charge in [-0.1, -0.05) is 29.3 Å². The van der Waals surface area contributed by atoms with Crippen molar-refractivity contribution in [2.75, 3.05) is 18.4 Å². The number of piperidine rings is 1. The summed E-state index contributed by atoms with van der Waals surface area (Å²) in [6.45, 7) is 1.92. The second-order valence-electron chi connectivity index (χ2n) is 6.66. The summed E-state index contributed by atoms with van der Waals surface area (Å²) in [6, 6.07) is 10.3. The minimum Gasteiger partial charge on any atom is -0.324 e. The number of benzene rings is 1. The molecule has 130 valence electrons. The maximum atomic E-state index is 12.6. The number of urea groups is 1. The van der Waals surface area contributed by atoms with Gasteiger partial charge in [0.2, 0.25) is 0 Å². The van der Waals surface area contributed by atoms with Gasteiger partial charge >= 0.3 is 6.03 Å². The van der Waals surface area contributed by atoms with Crippen molar-refractivity contribution in [2.24, 2.45) is 5.92 Å². The Bertz CT molecular complexity index is 896. The van der Waals surface area contributed by atoms with E-state index in [0.717, 1.165) is 12.1 Å². The third-order valence-electron chi connectivity index (χ3n) is 4.94. The molecule has 3 heterocycles. The SMILES string of the molecule is O=C(Nc1ccc(Cl)c(Cl)c1)N1C[C@H]2C[C@@H](C1)c1cccc(=O)n1C2. The fourth-order valence-electron chi connectivity index (χ4n) is 3.84. The van der Waals surface area contributed by atoms with Crippen molar-refractivity contribution in [2.45, 2.75) is 18.9 Å². The van der Waals surface area contributed by atoms with Crippen molar-refractivity contribution >= 4 is 34.9 Å². The number of hydrogen-bond donors (Lipinski definition) is 1. The van der Waals surface area contributed by atoms with Crippen LogP contribution in [0, 0.1) is 5.92 Å². The summed E-state index contributed by atoms with van der Waals surface area (Å²) in [5.41, 5.74) is 1.68. The predicted octanol–water partition coefficient (Wildman–Crippen LogP) is 3.81. The van der Waals surface area contributed by atoms with Gasteiger partial charge in [-0.25, -0.2) is 4.79 Å². The topological polar surface area (TPSA) is 54.3 Å². The molecule has 4 rings (SSSR count). The smallest absolute Gasteiger partial charge is 0.321 e. The molecule has 2 atom stereocenters. The van der Waals surface area contributed by atoms with Crippen LogP contribution in [0.15, 0.2) is 41.2 Å². The van der Waals surface area contributed by atoms with Gasteiger partial charge in [-0.2, -0.15) is 0 Å².